The summed E-state index contributed by atoms with van der Waals surface area (Å²) in [5.41, 5.74) is 0. The third-order valence-corrected chi connectivity index (χ3v) is 2.43. The normalized spacial score (nSPS) is 19.8. The Balaban J connectivity index is 2.34. The van der Waals surface area contributed by atoms with E-state index in [9.17, 15) is 4.79 Å². The summed E-state index contributed by atoms with van der Waals surface area (Å²) in [5.74, 6) is -0.541. The second kappa shape index (κ2) is 6.23. The fraction of sp³-hybridized carbons (Fsp3) is 0.875. The lowest BCUT2D eigenvalue weighted by atomic mass is 10.1. The average molecular weight is 221 g/mol. The molecule has 0 saturated carbocycles. The SMILES string of the molecule is CCCCCC(C(=O)O)N1OCSO1. The summed E-state index contributed by atoms with van der Waals surface area (Å²) < 4.78 is 4.95. The fourth-order valence-corrected chi connectivity index (χ4v) is 1.66. The van der Waals surface area contributed by atoms with Crippen molar-refractivity contribution in [2.45, 2.75) is 38.6 Å². The van der Waals surface area contributed by atoms with Crippen LogP contribution < -0.4 is 0 Å². The van der Waals surface area contributed by atoms with E-state index in [4.69, 9.17) is 14.2 Å². The van der Waals surface area contributed by atoms with E-state index in [-0.39, 0.29) is 0 Å². The number of aliphatic carboxylic acids is 1. The van der Waals surface area contributed by atoms with Gasteiger partial charge in [-0.05, 0) is 11.6 Å². The van der Waals surface area contributed by atoms with Crippen LogP contribution in [0, 0.1) is 0 Å². The number of carboxylic acid groups (broad SMARTS) is 1. The van der Waals surface area contributed by atoms with Crippen LogP contribution in [0.3, 0.4) is 0 Å². The maximum Gasteiger partial charge on any atom is 0.326 e. The first kappa shape index (κ1) is 11.8. The zero-order valence-corrected chi connectivity index (χ0v) is 8.96. The first-order chi connectivity index (χ1) is 6.75. The van der Waals surface area contributed by atoms with Crippen LogP contribution in [0.15, 0.2) is 0 Å². The van der Waals surface area contributed by atoms with Crippen LogP contribution in [0.5, 0.6) is 0 Å². The Bertz CT molecular complexity index is 184. The molecule has 1 saturated heterocycles. The molecule has 0 aromatic heterocycles. The first-order valence-corrected chi connectivity index (χ1v) is 5.61. The van der Waals surface area contributed by atoms with Crippen molar-refractivity contribution in [3.63, 3.8) is 0 Å². The number of nitrogens with zero attached hydrogens (tertiary/aromatic N) is 1. The highest BCUT2D eigenvalue weighted by atomic mass is 32.2. The van der Waals surface area contributed by atoms with Crippen molar-refractivity contribution in [2.24, 2.45) is 0 Å². The summed E-state index contributed by atoms with van der Waals surface area (Å²) >= 11 is 1.11. The smallest absolute Gasteiger partial charge is 0.326 e. The molecule has 1 unspecified atom stereocenters. The molecule has 1 aliphatic rings. The Labute approximate surface area is 87.5 Å². The zero-order valence-electron chi connectivity index (χ0n) is 8.14. The Morgan fingerprint density at radius 2 is 2.43 bits per heavy atom. The molecule has 0 aromatic rings. The topological polar surface area (TPSA) is 59.0 Å². The molecule has 82 valence electrons. The van der Waals surface area contributed by atoms with Crippen molar-refractivity contribution in [2.75, 3.05) is 5.94 Å². The van der Waals surface area contributed by atoms with Crippen LogP contribution in [0.2, 0.25) is 0 Å². The van der Waals surface area contributed by atoms with E-state index in [0.29, 0.717) is 12.4 Å². The largest absolute Gasteiger partial charge is 0.480 e. The van der Waals surface area contributed by atoms with Gasteiger partial charge < -0.3 is 5.11 Å². The van der Waals surface area contributed by atoms with E-state index in [1.54, 1.807) is 0 Å². The number of carboxylic acids is 1. The molecule has 6 heteroatoms. The van der Waals surface area contributed by atoms with E-state index < -0.39 is 12.0 Å². The highest BCUT2D eigenvalue weighted by Gasteiger charge is 2.31. The molecule has 0 aliphatic carbocycles. The molecule has 5 nitrogen and oxygen atoms in total. The summed E-state index contributed by atoms with van der Waals surface area (Å²) in [6.07, 6.45) is 3.54. The molecule has 14 heavy (non-hydrogen) atoms. The molecular formula is C8H15NO4S. The third kappa shape index (κ3) is 3.45. The van der Waals surface area contributed by atoms with Gasteiger partial charge >= 0.3 is 5.97 Å². The summed E-state index contributed by atoms with van der Waals surface area (Å²) in [5, 5.41) is 10.0. The second-order valence-corrected chi connectivity index (χ2v) is 3.69. The molecule has 1 heterocycles. The number of unbranched alkanes of at least 4 members (excludes halogenated alkanes) is 2. The minimum absolute atomic E-state index is 0.359. The molecule has 0 spiro atoms. The van der Waals surface area contributed by atoms with E-state index in [2.05, 4.69) is 6.92 Å². The van der Waals surface area contributed by atoms with Crippen molar-refractivity contribution in [3.05, 3.63) is 0 Å². The van der Waals surface area contributed by atoms with Crippen molar-refractivity contribution in [3.8, 4) is 0 Å². The van der Waals surface area contributed by atoms with E-state index in [0.717, 1.165) is 36.5 Å². The minimum atomic E-state index is -0.899. The molecule has 1 rings (SSSR count). The lowest BCUT2D eigenvalue weighted by molar-refractivity contribution is -0.298. The van der Waals surface area contributed by atoms with E-state index in [1.807, 2.05) is 0 Å². The van der Waals surface area contributed by atoms with Gasteiger partial charge in [-0.2, -0.15) is 4.28 Å². The van der Waals surface area contributed by atoms with Crippen LogP contribution >= 0.6 is 12.0 Å². The maximum atomic E-state index is 10.9. The van der Waals surface area contributed by atoms with Gasteiger partial charge in [0.1, 0.15) is 5.94 Å². The predicted octanol–water partition coefficient (Wildman–Crippen LogP) is 1.80. The molecule has 0 bridgehead atoms. The average Bonchev–Trinajstić information content (AvgIpc) is 2.64. The van der Waals surface area contributed by atoms with Crippen LogP contribution in [-0.4, -0.2) is 28.3 Å². The third-order valence-electron chi connectivity index (χ3n) is 1.97. The van der Waals surface area contributed by atoms with Crippen LogP contribution in [0.25, 0.3) is 0 Å². The number of hydroxylamine groups is 2. The number of carbonyl (C=O) groups is 1. The quantitative estimate of drug-likeness (QED) is 0.545. The lowest BCUT2D eigenvalue weighted by Crippen LogP contribution is -2.37. The summed E-state index contributed by atoms with van der Waals surface area (Å²) in [6.45, 7) is 2.08. The first-order valence-electron chi connectivity index (χ1n) is 4.70. The monoisotopic (exact) mass is 221 g/mol. The van der Waals surface area contributed by atoms with E-state index in [1.165, 1.54) is 0 Å². The lowest BCUT2D eigenvalue weighted by Gasteiger charge is -2.18. The highest BCUT2D eigenvalue weighted by Crippen LogP contribution is 2.22. The molecule has 1 N–H and O–H groups in total. The number of hydrogen-bond donors (Lipinski definition) is 1. The molecular weight excluding hydrogens is 206 g/mol. The Kier molecular flexibility index (Phi) is 5.24. The van der Waals surface area contributed by atoms with Crippen molar-refractivity contribution in [1.82, 2.24) is 5.23 Å². The van der Waals surface area contributed by atoms with Gasteiger partial charge in [0.25, 0.3) is 0 Å². The van der Waals surface area contributed by atoms with Crippen LogP contribution in [0.1, 0.15) is 32.6 Å². The number of hydrogen-bond acceptors (Lipinski definition) is 5. The van der Waals surface area contributed by atoms with Crippen molar-refractivity contribution < 1.29 is 19.0 Å². The second-order valence-electron chi connectivity index (χ2n) is 3.07. The van der Waals surface area contributed by atoms with Crippen molar-refractivity contribution >= 4 is 18.0 Å². The molecule has 1 fully saturated rings. The van der Waals surface area contributed by atoms with Crippen molar-refractivity contribution in [1.29, 1.82) is 0 Å². The molecule has 0 amide bonds. The highest BCUT2D eigenvalue weighted by molar-refractivity contribution is 7.94. The van der Waals surface area contributed by atoms with E-state index >= 15 is 0 Å². The van der Waals surface area contributed by atoms with Gasteiger partial charge in [0.2, 0.25) is 0 Å². The standard InChI is InChI=1S/C8H15NO4S/c1-2-3-4-5-7(8(10)11)9-12-6-14-13-9/h7H,2-6H2,1H3,(H,10,11). The predicted molar refractivity (Wildman–Crippen MR) is 52.0 cm³/mol. The van der Waals surface area contributed by atoms with Crippen LogP contribution in [-0.2, 0) is 13.9 Å². The maximum absolute atomic E-state index is 10.9. The summed E-state index contributed by atoms with van der Waals surface area (Å²) in [6, 6.07) is -0.684. The van der Waals surface area contributed by atoms with Gasteiger partial charge in [0.05, 0.1) is 0 Å². The molecule has 0 aromatic carbocycles. The molecule has 1 aliphatic heterocycles. The Hall–Kier alpha value is -0.300. The van der Waals surface area contributed by atoms with Gasteiger partial charge in [-0.15, -0.1) is 0 Å². The summed E-state index contributed by atoms with van der Waals surface area (Å²) in [7, 11) is 0. The fourth-order valence-electron chi connectivity index (χ4n) is 1.22. The number of rotatable bonds is 6. The molecule has 0 radical (unpaired) electrons. The Morgan fingerprint density at radius 3 is 2.93 bits per heavy atom. The van der Waals surface area contributed by atoms with Gasteiger partial charge in [0, 0.05) is 12.0 Å². The molecule has 1 atom stereocenters. The summed E-state index contributed by atoms with van der Waals surface area (Å²) in [4.78, 5) is 15.9. The minimum Gasteiger partial charge on any atom is -0.480 e. The van der Waals surface area contributed by atoms with Gasteiger partial charge in [-0.3, -0.25) is 9.63 Å². The van der Waals surface area contributed by atoms with Gasteiger partial charge in [-0.25, -0.2) is 0 Å². The van der Waals surface area contributed by atoms with Gasteiger partial charge in [-0.1, -0.05) is 26.2 Å². The van der Waals surface area contributed by atoms with Crippen LogP contribution in [0.4, 0.5) is 0 Å². The Morgan fingerprint density at radius 1 is 1.64 bits per heavy atom. The zero-order chi connectivity index (χ0) is 10.4. The van der Waals surface area contributed by atoms with Gasteiger partial charge in [0.15, 0.2) is 6.04 Å².